The van der Waals surface area contributed by atoms with Crippen molar-refractivity contribution >= 4 is 22.9 Å². The molecule has 1 N–H and O–H groups in total. The Balaban J connectivity index is 1.76. The number of carbonyl (C=O) groups is 1. The Morgan fingerprint density at radius 2 is 2.11 bits per heavy atom. The molecule has 1 amide bonds. The molecule has 4 aromatic rings. The summed E-state index contributed by atoms with van der Waals surface area (Å²) in [5.41, 5.74) is 1.52. The van der Waals surface area contributed by atoms with Crippen LogP contribution >= 0.6 is 11.3 Å². The smallest absolute Gasteiger partial charge is 0.295 e. The Bertz CT molecular complexity index is 1100. The minimum Gasteiger partial charge on any atom is -0.359 e. The average molecular weight is 383 g/mol. The van der Waals surface area contributed by atoms with E-state index in [1.807, 2.05) is 17.5 Å². The summed E-state index contributed by atoms with van der Waals surface area (Å²) in [4.78, 5) is 17.8. The molecule has 0 spiro atoms. The molecular formula is C18H14FN5O2S. The number of hydrogen-bond acceptors (Lipinski definition) is 6. The van der Waals surface area contributed by atoms with Gasteiger partial charge in [0, 0.05) is 0 Å². The maximum atomic E-state index is 13.7. The maximum absolute atomic E-state index is 13.7. The number of anilines is 1. The van der Waals surface area contributed by atoms with Crippen molar-refractivity contribution < 1.29 is 13.7 Å². The van der Waals surface area contributed by atoms with Crippen molar-refractivity contribution in [3.63, 3.8) is 0 Å². The lowest BCUT2D eigenvalue weighted by atomic mass is 10.3. The number of nitrogens with one attached hydrogen (secondary N) is 1. The van der Waals surface area contributed by atoms with Crippen molar-refractivity contribution in [2.45, 2.75) is 13.8 Å². The summed E-state index contributed by atoms with van der Waals surface area (Å²) < 4.78 is 20.2. The molecule has 1 aromatic carbocycles. The van der Waals surface area contributed by atoms with Gasteiger partial charge in [0.15, 0.2) is 11.6 Å². The monoisotopic (exact) mass is 383 g/mol. The number of aromatic nitrogens is 4. The van der Waals surface area contributed by atoms with Crippen LogP contribution in [0.4, 0.5) is 10.1 Å². The highest BCUT2D eigenvalue weighted by atomic mass is 32.1. The van der Waals surface area contributed by atoms with Gasteiger partial charge in [-0.2, -0.15) is 0 Å². The summed E-state index contributed by atoms with van der Waals surface area (Å²) in [7, 11) is 0. The van der Waals surface area contributed by atoms with E-state index in [4.69, 9.17) is 4.52 Å². The molecule has 7 nitrogen and oxygen atoms in total. The van der Waals surface area contributed by atoms with Gasteiger partial charge in [-0.25, -0.2) is 14.1 Å². The number of carbonyl (C=O) groups excluding carboxylic acids is 1. The fraction of sp³-hybridized carbons (Fsp3) is 0.111. The Kier molecular flexibility index (Phi) is 4.28. The molecule has 0 saturated carbocycles. The van der Waals surface area contributed by atoms with Gasteiger partial charge in [-0.1, -0.05) is 17.3 Å². The van der Waals surface area contributed by atoms with Crippen molar-refractivity contribution in [1.29, 1.82) is 0 Å². The van der Waals surface area contributed by atoms with Gasteiger partial charge in [0.25, 0.3) is 5.91 Å². The fourth-order valence-electron chi connectivity index (χ4n) is 2.59. The number of benzene rings is 1. The zero-order valence-electron chi connectivity index (χ0n) is 14.4. The van der Waals surface area contributed by atoms with Gasteiger partial charge < -0.3 is 9.84 Å². The summed E-state index contributed by atoms with van der Waals surface area (Å²) in [5, 5.41) is 12.7. The highest BCUT2D eigenvalue weighted by Crippen LogP contribution is 2.26. The Labute approximate surface area is 157 Å². The summed E-state index contributed by atoms with van der Waals surface area (Å²) in [6, 6.07) is 9.69. The molecule has 0 fully saturated rings. The molecule has 0 aliphatic rings. The molecule has 0 bridgehead atoms. The number of aryl methyl sites for hydroxylation is 2. The minimum atomic E-state index is -0.502. The van der Waals surface area contributed by atoms with Gasteiger partial charge >= 0.3 is 0 Å². The zero-order chi connectivity index (χ0) is 19.0. The van der Waals surface area contributed by atoms with Crippen LogP contribution < -0.4 is 5.32 Å². The summed E-state index contributed by atoms with van der Waals surface area (Å²) in [6.07, 6.45) is 0. The molecule has 0 atom stereocenters. The van der Waals surface area contributed by atoms with Crippen molar-refractivity contribution in [2.24, 2.45) is 0 Å². The van der Waals surface area contributed by atoms with Crippen LogP contribution in [0.5, 0.6) is 0 Å². The van der Waals surface area contributed by atoms with Crippen molar-refractivity contribution in [2.75, 3.05) is 5.32 Å². The van der Waals surface area contributed by atoms with Crippen molar-refractivity contribution in [1.82, 2.24) is 19.9 Å². The van der Waals surface area contributed by atoms with Crippen molar-refractivity contribution in [3.8, 4) is 16.4 Å². The predicted molar refractivity (Wildman–Crippen MR) is 98.6 cm³/mol. The van der Waals surface area contributed by atoms with Crippen LogP contribution in [0.1, 0.15) is 22.1 Å². The SMILES string of the molecule is Cc1noc(C)c1NC(=O)c1nc(-c2cccs2)n(-c2cccc(F)c2)n1. The Hall–Kier alpha value is -3.33. The summed E-state index contributed by atoms with van der Waals surface area (Å²) in [6.45, 7) is 3.42. The van der Waals surface area contributed by atoms with Gasteiger partial charge in [0.2, 0.25) is 5.82 Å². The third-order valence-corrected chi connectivity index (χ3v) is 4.74. The largest absolute Gasteiger partial charge is 0.359 e. The standard InChI is InChI=1S/C18H14FN5O2S/c1-10-15(11(2)26-23-10)20-18(25)16-21-17(14-7-4-8-27-14)24(22-16)13-6-3-5-12(19)9-13/h3-9H,1-2H3,(H,20,25). The fourth-order valence-corrected chi connectivity index (χ4v) is 3.29. The second-order valence-corrected chi connectivity index (χ2v) is 6.73. The van der Waals surface area contributed by atoms with E-state index in [1.54, 1.807) is 26.0 Å². The third kappa shape index (κ3) is 3.24. The van der Waals surface area contributed by atoms with Crippen LogP contribution in [0.3, 0.4) is 0 Å². The van der Waals surface area contributed by atoms with Crippen LogP contribution in [0, 0.1) is 19.7 Å². The molecule has 4 rings (SSSR count). The summed E-state index contributed by atoms with van der Waals surface area (Å²) >= 11 is 1.45. The van der Waals surface area contributed by atoms with E-state index in [0.717, 1.165) is 4.88 Å². The van der Waals surface area contributed by atoms with Gasteiger partial charge in [0.1, 0.15) is 17.2 Å². The first-order chi connectivity index (χ1) is 13.0. The average Bonchev–Trinajstić information content (AvgIpc) is 3.37. The molecular weight excluding hydrogens is 369 g/mol. The first kappa shape index (κ1) is 17.1. The van der Waals surface area contributed by atoms with Gasteiger partial charge in [-0.3, -0.25) is 4.79 Å². The molecule has 0 aliphatic heterocycles. The van der Waals surface area contributed by atoms with E-state index in [2.05, 4.69) is 20.6 Å². The van der Waals surface area contributed by atoms with E-state index in [-0.39, 0.29) is 5.82 Å². The Morgan fingerprint density at radius 1 is 1.26 bits per heavy atom. The molecule has 0 radical (unpaired) electrons. The minimum absolute atomic E-state index is 0.0392. The van der Waals surface area contributed by atoms with Crippen LogP contribution in [-0.4, -0.2) is 25.8 Å². The van der Waals surface area contributed by atoms with E-state index >= 15 is 0 Å². The number of amides is 1. The molecule has 27 heavy (non-hydrogen) atoms. The second kappa shape index (κ2) is 6.76. The Morgan fingerprint density at radius 3 is 2.78 bits per heavy atom. The first-order valence-electron chi connectivity index (χ1n) is 8.04. The van der Waals surface area contributed by atoms with E-state index in [1.165, 1.54) is 28.2 Å². The lowest BCUT2D eigenvalue weighted by Gasteiger charge is -2.04. The molecule has 9 heteroatoms. The number of hydrogen-bond donors (Lipinski definition) is 1. The van der Waals surface area contributed by atoms with Crippen LogP contribution in [0.15, 0.2) is 46.3 Å². The summed E-state index contributed by atoms with van der Waals surface area (Å²) in [5.74, 6) is 0.00489. The zero-order valence-corrected chi connectivity index (χ0v) is 15.2. The number of nitrogens with zero attached hydrogens (tertiary/aromatic N) is 4. The molecule has 136 valence electrons. The van der Waals surface area contributed by atoms with E-state index in [9.17, 15) is 9.18 Å². The molecule has 0 aliphatic carbocycles. The molecule has 0 saturated heterocycles. The van der Waals surface area contributed by atoms with Crippen LogP contribution in [0.2, 0.25) is 0 Å². The first-order valence-corrected chi connectivity index (χ1v) is 8.92. The normalized spacial score (nSPS) is 10.9. The van der Waals surface area contributed by atoms with E-state index < -0.39 is 11.7 Å². The number of rotatable bonds is 4. The number of thiophene rings is 1. The highest BCUT2D eigenvalue weighted by molar-refractivity contribution is 7.13. The highest BCUT2D eigenvalue weighted by Gasteiger charge is 2.21. The lowest BCUT2D eigenvalue weighted by molar-refractivity contribution is 0.101. The van der Waals surface area contributed by atoms with Crippen molar-refractivity contribution in [3.05, 3.63) is 64.9 Å². The van der Waals surface area contributed by atoms with Gasteiger partial charge in [0.05, 0.1) is 10.6 Å². The van der Waals surface area contributed by atoms with Crippen LogP contribution in [-0.2, 0) is 0 Å². The van der Waals surface area contributed by atoms with Gasteiger partial charge in [-0.15, -0.1) is 16.4 Å². The van der Waals surface area contributed by atoms with Gasteiger partial charge in [-0.05, 0) is 43.5 Å². The lowest BCUT2D eigenvalue weighted by Crippen LogP contribution is -2.15. The second-order valence-electron chi connectivity index (χ2n) is 5.78. The quantitative estimate of drug-likeness (QED) is 0.576. The maximum Gasteiger partial charge on any atom is 0.295 e. The molecule has 3 heterocycles. The number of halogens is 1. The van der Waals surface area contributed by atoms with E-state index in [0.29, 0.717) is 28.7 Å². The molecule has 3 aromatic heterocycles. The predicted octanol–water partition coefficient (Wildman–Crippen LogP) is 3.99. The van der Waals surface area contributed by atoms with Crippen LogP contribution in [0.25, 0.3) is 16.4 Å². The topological polar surface area (TPSA) is 85.8 Å². The third-order valence-electron chi connectivity index (χ3n) is 3.88. The molecule has 0 unspecified atom stereocenters.